The van der Waals surface area contributed by atoms with Gasteiger partial charge in [0.2, 0.25) is 0 Å². The molecule has 94 valence electrons. The third kappa shape index (κ3) is 2.55. The molecule has 2 N–H and O–H groups in total. The van der Waals surface area contributed by atoms with Crippen molar-refractivity contribution < 1.29 is 0 Å². The van der Waals surface area contributed by atoms with Crippen molar-refractivity contribution in [1.29, 1.82) is 0 Å². The Morgan fingerprint density at radius 2 is 1.53 bits per heavy atom. The minimum Gasteiger partial charge on any atom is -0.383 e. The van der Waals surface area contributed by atoms with E-state index in [1.165, 1.54) is 5.56 Å². The number of hydrogen-bond acceptors (Lipinski definition) is 3. The number of rotatable bonds is 3. The summed E-state index contributed by atoms with van der Waals surface area (Å²) in [6, 6.07) is 18.2. The number of nitrogens with two attached hydrogens (primary N) is 1. The quantitative estimate of drug-likeness (QED) is 0.776. The van der Waals surface area contributed by atoms with E-state index in [1.807, 2.05) is 42.5 Å². The Kier molecular flexibility index (Phi) is 3.11. The minimum atomic E-state index is 0.564. The topological polar surface area (TPSA) is 51.8 Å². The fraction of sp³-hybridized carbons (Fsp3) is 0.125. The van der Waals surface area contributed by atoms with Crippen molar-refractivity contribution >= 4 is 16.7 Å². The zero-order valence-corrected chi connectivity index (χ0v) is 10.6. The number of para-hydroxylation sites is 1. The molecule has 2 aromatic carbocycles. The van der Waals surface area contributed by atoms with Crippen LogP contribution in [-0.4, -0.2) is 9.97 Å². The van der Waals surface area contributed by atoms with Crippen LogP contribution in [0.3, 0.4) is 0 Å². The fourth-order valence-electron chi connectivity index (χ4n) is 2.16. The van der Waals surface area contributed by atoms with Gasteiger partial charge in [0.05, 0.1) is 5.52 Å². The van der Waals surface area contributed by atoms with Gasteiger partial charge in [0, 0.05) is 11.8 Å². The fourth-order valence-corrected chi connectivity index (χ4v) is 2.16. The summed E-state index contributed by atoms with van der Waals surface area (Å²) in [7, 11) is 0. The molecular weight excluding hydrogens is 234 g/mol. The predicted molar refractivity (Wildman–Crippen MR) is 77.8 cm³/mol. The molecule has 3 rings (SSSR count). The van der Waals surface area contributed by atoms with Crippen molar-refractivity contribution in [1.82, 2.24) is 9.97 Å². The lowest BCUT2D eigenvalue weighted by molar-refractivity contribution is 0.872. The third-order valence-corrected chi connectivity index (χ3v) is 3.16. The van der Waals surface area contributed by atoms with Crippen molar-refractivity contribution in [3.05, 3.63) is 66.0 Å². The lowest BCUT2D eigenvalue weighted by atomic mass is 10.1. The average Bonchev–Trinajstić information content (AvgIpc) is 2.46. The number of nitrogen functional groups attached to an aromatic ring is 1. The molecule has 0 spiro atoms. The number of fused-ring (bicyclic) bond motifs is 1. The van der Waals surface area contributed by atoms with E-state index in [2.05, 4.69) is 22.1 Å². The van der Waals surface area contributed by atoms with E-state index in [1.54, 1.807) is 0 Å². The van der Waals surface area contributed by atoms with Crippen LogP contribution in [0.15, 0.2) is 54.6 Å². The van der Waals surface area contributed by atoms with Gasteiger partial charge >= 0.3 is 0 Å². The normalized spacial score (nSPS) is 10.7. The zero-order chi connectivity index (χ0) is 13.1. The van der Waals surface area contributed by atoms with Crippen LogP contribution >= 0.6 is 0 Å². The van der Waals surface area contributed by atoms with Crippen molar-refractivity contribution in [3.8, 4) is 0 Å². The molecule has 0 atom stereocenters. The number of nitrogens with zero attached hydrogens (tertiary/aromatic N) is 2. The Hall–Kier alpha value is -2.42. The van der Waals surface area contributed by atoms with E-state index < -0.39 is 0 Å². The Balaban J connectivity index is 1.85. The smallest absolute Gasteiger partial charge is 0.135 e. The molecule has 3 heteroatoms. The molecule has 0 saturated carbocycles. The largest absolute Gasteiger partial charge is 0.383 e. The van der Waals surface area contributed by atoms with E-state index in [-0.39, 0.29) is 0 Å². The predicted octanol–water partition coefficient (Wildman–Crippen LogP) is 3.00. The maximum Gasteiger partial charge on any atom is 0.135 e. The molecule has 0 aliphatic rings. The van der Waals surface area contributed by atoms with E-state index >= 15 is 0 Å². The van der Waals surface area contributed by atoms with Gasteiger partial charge in [0.25, 0.3) is 0 Å². The summed E-state index contributed by atoms with van der Waals surface area (Å²) in [4.78, 5) is 8.94. The first-order chi connectivity index (χ1) is 9.33. The van der Waals surface area contributed by atoms with Crippen LogP contribution < -0.4 is 5.73 Å². The van der Waals surface area contributed by atoms with Crippen LogP contribution in [0.25, 0.3) is 10.9 Å². The molecule has 3 aromatic rings. The van der Waals surface area contributed by atoms with E-state index in [0.717, 1.165) is 29.6 Å². The second-order valence-corrected chi connectivity index (χ2v) is 4.53. The zero-order valence-electron chi connectivity index (χ0n) is 10.6. The standard InChI is InChI=1S/C16H15N3/c17-16-13-8-4-5-9-14(13)18-15(19-16)11-10-12-6-2-1-3-7-12/h1-9H,10-11H2,(H2,17,18,19). The molecule has 1 heterocycles. The Morgan fingerprint density at radius 3 is 2.37 bits per heavy atom. The SMILES string of the molecule is Nc1nc(CCc2ccccc2)nc2ccccc12. The average molecular weight is 249 g/mol. The highest BCUT2D eigenvalue weighted by Crippen LogP contribution is 2.17. The first kappa shape index (κ1) is 11.7. The maximum atomic E-state index is 5.97. The van der Waals surface area contributed by atoms with Gasteiger partial charge in [-0.05, 0) is 24.1 Å². The second-order valence-electron chi connectivity index (χ2n) is 4.53. The van der Waals surface area contributed by atoms with Gasteiger partial charge in [-0.25, -0.2) is 9.97 Å². The van der Waals surface area contributed by atoms with E-state index in [9.17, 15) is 0 Å². The Labute approximate surface area is 112 Å². The van der Waals surface area contributed by atoms with Crippen LogP contribution in [0.2, 0.25) is 0 Å². The van der Waals surface area contributed by atoms with Gasteiger partial charge < -0.3 is 5.73 Å². The summed E-state index contributed by atoms with van der Waals surface area (Å²) in [5.41, 5.74) is 8.18. The monoisotopic (exact) mass is 249 g/mol. The summed E-state index contributed by atoms with van der Waals surface area (Å²) < 4.78 is 0. The van der Waals surface area contributed by atoms with Gasteiger partial charge in [-0.15, -0.1) is 0 Å². The lowest BCUT2D eigenvalue weighted by Gasteiger charge is -2.05. The Bertz CT molecular complexity index is 693. The first-order valence-electron chi connectivity index (χ1n) is 6.38. The summed E-state index contributed by atoms with van der Waals surface area (Å²) in [5, 5.41) is 0.922. The molecule has 0 bridgehead atoms. The molecule has 3 nitrogen and oxygen atoms in total. The molecule has 0 aliphatic heterocycles. The van der Waals surface area contributed by atoms with Gasteiger partial charge in [-0.2, -0.15) is 0 Å². The molecule has 0 amide bonds. The minimum absolute atomic E-state index is 0.564. The van der Waals surface area contributed by atoms with Crippen LogP contribution in [0.5, 0.6) is 0 Å². The number of anilines is 1. The number of aromatic nitrogens is 2. The molecular formula is C16H15N3. The summed E-state index contributed by atoms with van der Waals surface area (Å²) >= 11 is 0. The second kappa shape index (κ2) is 5.06. The molecule has 0 unspecified atom stereocenters. The van der Waals surface area contributed by atoms with Crippen LogP contribution in [0.4, 0.5) is 5.82 Å². The van der Waals surface area contributed by atoms with Crippen molar-refractivity contribution in [2.75, 3.05) is 5.73 Å². The Morgan fingerprint density at radius 1 is 0.789 bits per heavy atom. The molecule has 19 heavy (non-hydrogen) atoms. The molecule has 0 aliphatic carbocycles. The number of hydrogen-bond donors (Lipinski definition) is 1. The van der Waals surface area contributed by atoms with Gasteiger partial charge in [-0.1, -0.05) is 42.5 Å². The van der Waals surface area contributed by atoms with Gasteiger partial charge in [0.15, 0.2) is 0 Å². The number of benzene rings is 2. The summed E-state index contributed by atoms with van der Waals surface area (Å²) in [5.74, 6) is 1.37. The van der Waals surface area contributed by atoms with Crippen molar-refractivity contribution in [3.63, 3.8) is 0 Å². The van der Waals surface area contributed by atoms with Crippen LogP contribution in [0, 0.1) is 0 Å². The van der Waals surface area contributed by atoms with Gasteiger partial charge in [-0.3, -0.25) is 0 Å². The van der Waals surface area contributed by atoms with Crippen molar-refractivity contribution in [2.45, 2.75) is 12.8 Å². The number of aryl methyl sites for hydroxylation is 2. The van der Waals surface area contributed by atoms with Crippen molar-refractivity contribution in [2.24, 2.45) is 0 Å². The highest BCUT2D eigenvalue weighted by Gasteiger charge is 2.04. The molecule has 0 radical (unpaired) electrons. The van der Waals surface area contributed by atoms with Crippen LogP contribution in [0.1, 0.15) is 11.4 Å². The summed E-state index contributed by atoms with van der Waals surface area (Å²) in [6.07, 6.45) is 1.73. The lowest BCUT2D eigenvalue weighted by Crippen LogP contribution is -2.02. The molecule has 1 aromatic heterocycles. The summed E-state index contributed by atoms with van der Waals surface area (Å²) in [6.45, 7) is 0. The van der Waals surface area contributed by atoms with E-state index in [4.69, 9.17) is 5.73 Å². The molecule has 0 saturated heterocycles. The maximum absolute atomic E-state index is 5.97. The molecule has 0 fully saturated rings. The first-order valence-corrected chi connectivity index (χ1v) is 6.38. The highest BCUT2D eigenvalue weighted by molar-refractivity contribution is 5.87. The third-order valence-electron chi connectivity index (χ3n) is 3.16. The highest BCUT2D eigenvalue weighted by atomic mass is 14.9. The van der Waals surface area contributed by atoms with E-state index in [0.29, 0.717) is 5.82 Å². The van der Waals surface area contributed by atoms with Crippen LogP contribution in [-0.2, 0) is 12.8 Å². The van der Waals surface area contributed by atoms with Gasteiger partial charge in [0.1, 0.15) is 11.6 Å².